The highest BCUT2D eigenvalue weighted by atomic mass is 35.5. The molecule has 5 heteroatoms. The predicted octanol–water partition coefficient (Wildman–Crippen LogP) is 2.03. The van der Waals surface area contributed by atoms with E-state index in [4.69, 9.17) is 11.6 Å². The molecule has 4 nitrogen and oxygen atoms in total. The Morgan fingerprint density at radius 2 is 2.40 bits per heavy atom. The Kier molecular flexibility index (Phi) is 3.26. The zero-order valence-electron chi connectivity index (χ0n) is 8.42. The number of H-pyrrole nitrogens is 1. The molecule has 1 aliphatic rings. The molecule has 0 aliphatic heterocycles. The summed E-state index contributed by atoms with van der Waals surface area (Å²) < 4.78 is 0. The minimum atomic E-state index is -0.295. The lowest BCUT2D eigenvalue weighted by atomic mass is 10.2. The number of nitrogens with zero attached hydrogens (tertiary/aromatic N) is 1. The molecule has 2 rings (SSSR count). The topological polar surface area (TPSA) is 57.8 Å². The lowest BCUT2D eigenvalue weighted by Crippen LogP contribution is -2.12. The standard InChI is InChI=1S/C10H14ClN3O/c11-8-9(13-6-14-10(8)15)12-5-1-2-7-3-4-7/h6-7H,1-5H2,(H2,12,13,14,15). The molecule has 1 fully saturated rings. The molecule has 1 aromatic heterocycles. The fourth-order valence-electron chi connectivity index (χ4n) is 1.51. The lowest BCUT2D eigenvalue weighted by molar-refractivity contribution is 0.686. The highest BCUT2D eigenvalue weighted by molar-refractivity contribution is 6.32. The Morgan fingerprint density at radius 3 is 3.13 bits per heavy atom. The van der Waals surface area contributed by atoms with E-state index in [1.807, 2.05) is 0 Å². The van der Waals surface area contributed by atoms with Crippen molar-refractivity contribution in [2.45, 2.75) is 25.7 Å². The maximum Gasteiger partial charge on any atom is 0.271 e. The van der Waals surface area contributed by atoms with E-state index in [1.165, 1.54) is 25.6 Å². The summed E-state index contributed by atoms with van der Waals surface area (Å²) in [5, 5.41) is 3.22. The van der Waals surface area contributed by atoms with Gasteiger partial charge in [0.2, 0.25) is 0 Å². The molecular formula is C10H14ClN3O. The normalized spacial score (nSPS) is 15.3. The van der Waals surface area contributed by atoms with E-state index >= 15 is 0 Å². The minimum Gasteiger partial charge on any atom is -0.369 e. The highest BCUT2D eigenvalue weighted by Gasteiger charge is 2.20. The fraction of sp³-hybridized carbons (Fsp3) is 0.600. The van der Waals surface area contributed by atoms with Crippen LogP contribution in [0.3, 0.4) is 0 Å². The van der Waals surface area contributed by atoms with E-state index in [-0.39, 0.29) is 10.6 Å². The van der Waals surface area contributed by atoms with Gasteiger partial charge in [0.15, 0.2) is 5.82 Å². The Labute approximate surface area is 93.1 Å². The quantitative estimate of drug-likeness (QED) is 0.757. The summed E-state index contributed by atoms with van der Waals surface area (Å²) in [6.45, 7) is 0.826. The van der Waals surface area contributed by atoms with Crippen molar-refractivity contribution in [3.05, 3.63) is 21.7 Å². The van der Waals surface area contributed by atoms with Crippen molar-refractivity contribution in [2.24, 2.45) is 5.92 Å². The molecule has 2 N–H and O–H groups in total. The summed E-state index contributed by atoms with van der Waals surface area (Å²) in [6.07, 6.45) is 6.48. The largest absolute Gasteiger partial charge is 0.369 e. The summed E-state index contributed by atoms with van der Waals surface area (Å²) in [7, 11) is 0. The van der Waals surface area contributed by atoms with Crippen molar-refractivity contribution < 1.29 is 0 Å². The van der Waals surface area contributed by atoms with Crippen LogP contribution < -0.4 is 10.9 Å². The molecular weight excluding hydrogens is 214 g/mol. The third kappa shape index (κ3) is 2.96. The summed E-state index contributed by atoms with van der Waals surface area (Å²) in [5.41, 5.74) is -0.295. The first-order valence-electron chi connectivity index (χ1n) is 5.24. The number of hydrogen-bond donors (Lipinski definition) is 2. The second kappa shape index (κ2) is 4.66. The van der Waals surface area contributed by atoms with Crippen LogP contribution >= 0.6 is 11.6 Å². The van der Waals surface area contributed by atoms with Gasteiger partial charge in [-0.15, -0.1) is 0 Å². The number of hydrogen-bond acceptors (Lipinski definition) is 3. The summed E-state index contributed by atoms with van der Waals surface area (Å²) in [5.74, 6) is 1.42. The van der Waals surface area contributed by atoms with Gasteiger partial charge in [-0.05, 0) is 18.8 Å². The van der Waals surface area contributed by atoms with Crippen molar-refractivity contribution in [3.8, 4) is 0 Å². The van der Waals surface area contributed by atoms with Crippen LogP contribution in [0.4, 0.5) is 5.82 Å². The van der Waals surface area contributed by atoms with Crippen molar-refractivity contribution in [1.29, 1.82) is 0 Å². The molecule has 1 aliphatic carbocycles. The van der Waals surface area contributed by atoms with Crippen LogP contribution in [0.1, 0.15) is 25.7 Å². The van der Waals surface area contributed by atoms with Gasteiger partial charge in [-0.3, -0.25) is 4.79 Å². The second-order valence-electron chi connectivity index (χ2n) is 3.91. The Balaban J connectivity index is 1.81. The maximum absolute atomic E-state index is 11.1. The number of anilines is 1. The molecule has 1 heterocycles. The van der Waals surface area contributed by atoms with Crippen molar-refractivity contribution in [3.63, 3.8) is 0 Å². The molecule has 0 atom stereocenters. The van der Waals surface area contributed by atoms with E-state index in [1.54, 1.807) is 0 Å². The molecule has 1 aromatic rings. The molecule has 82 valence electrons. The van der Waals surface area contributed by atoms with E-state index < -0.39 is 0 Å². The molecule has 1 saturated carbocycles. The van der Waals surface area contributed by atoms with Crippen LogP contribution in [-0.2, 0) is 0 Å². The maximum atomic E-state index is 11.1. The lowest BCUT2D eigenvalue weighted by Gasteiger charge is -2.05. The number of rotatable bonds is 5. The monoisotopic (exact) mass is 227 g/mol. The molecule has 0 radical (unpaired) electrons. The van der Waals surface area contributed by atoms with Gasteiger partial charge in [0.05, 0.1) is 6.33 Å². The van der Waals surface area contributed by atoms with Gasteiger partial charge < -0.3 is 10.3 Å². The SMILES string of the molecule is O=c1[nH]cnc(NCCCC2CC2)c1Cl. The van der Waals surface area contributed by atoms with Crippen molar-refractivity contribution >= 4 is 17.4 Å². The van der Waals surface area contributed by atoms with Crippen molar-refractivity contribution in [1.82, 2.24) is 9.97 Å². The highest BCUT2D eigenvalue weighted by Crippen LogP contribution is 2.33. The van der Waals surface area contributed by atoms with Crippen LogP contribution in [0.15, 0.2) is 11.1 Å². The fourth-order valence-corrected chi connectivity index (χ4v) is 1.68. The third-order valence-corrected chi connectivity index (χ3v) is 2.93. The van der Waals surface area contributed by atoms with Crippen LogP contribution in [0.5, 0.6) is 0 Å². The third-order valence-electron chi connectivity index (χ3n) is 2.58. The summed E-state index contributed by atoms with van der Waals surface area (Å²) >= 11 is 5.78. The van der Waals surface area contributed by atoms with Gasteiger partial charge in [0.1, 0.15) is 5.02 Å². The smallest absolute Gasteiger partial charge is 0.271 e. The predicted molar refractivity (Wildman–Crippen MR) is 60.3 cm³/mol. The molecule has 0 unspecified atom stereocenters. The van der Waals surface area contributed by atoms with Crippen LogP contribution in [0.25, 0.3) is 0 Å². The number of nitrogens with one attached hydrogen (secondary N) is 2. The van der Waals surface area contributed by atoms with Gasteiger partial charge in [-0.25, -0.2) is 4.98 Å². The first-order chi connectivity index (χ1) is 7.27. The van der Waals surface area contributed by atoms with E-state index in [2.05, 4.69) is 15.3 Å². The van der Waals surface area contributed by atoms with Gasteiger partial charge in [0, 0.05) is 6.54 Å². The van der Waals surface area contributed by atoms with E-state index in [0.717, 1.165) is 18.9 Å². The number of aromatic amines is 1. The Morgan fingerprint density at radius 1 is 1.60 bits per heavy atom. The van der Waals surface area contributed by atoms with Crippen LogP contribution in [0.2, 0.25) is 5.02 Å². The Bertz CT molecular complexity index is 386. The first-order valence-corrected chi connectivity index (χ1v) is 5.62. The van der Waals surface area contributed by atoms with Gasteiger partial charge in [0.25, 0.3) is 5.56 Å². The molecule has 0 saturated heterocycles. The molecule has 0 aromatic carbocycles. The average molecular weight is 228 g/mol. The Hall–Kier alpha value is -1.03. The van der Waals surface area contributed by atoms with Crippen LogP contribution in [-0.4, -0.2) is 16.5 Å². The summed E-state index contributed by atoms with van der Waals surface area (Å²) in [6, 6.07) is 0. The number of aromatic nitrogens is 2. The van der Waals surface area contributed by atoms with E-state index in [9.17, 15) is 4.79 Å². The molecule has 0 spiro atoms. The second-order valence-corrected chi connectivity index (χ2v) is 4.28. The zero-order valence-corrected chi connectivity index (χ0v) is 9.18. The molecule has 0 amide bonds. The summed E-state index contributed by atoms with van der Waals surface area (Å²) in [4.78, 5) is 17.5. The van der Waals surface area contributed by atoms with Gasteiger partial charge >= 0.3 is 0 Å². The van der Waals surface area contributed by atoms with E-state index in [0.29, 0.717) is 5.82 Å². The molecule has 15 heavy (non-hydrogen) atoms. The molecule has 0 bridgehead atoms. The van der Waals surface area contributed by atoms with Crippen LogP contribution in [0, 0.1) is 5.92 Å². The minimum absolute atomic E-state index is 0.143. The van der Waals surface area contributed by atoms with Crippen molar-refractivity contribution in [2.75, 3.05) is 11.9 Å². The first kappa shape index (κ1) is 10.5. The zero-order chi connectivity index (χ0) is 10.7. The average Bonchev–Trinajstić information content (AvgIpc) is 3.02. The number of halogens is 1. The van der Waals surface area contributed by atoms with Gasteiger partial charge in [-0.2, -0.15) is 0 Å². The van der Waals surface area contributed by atoms with Gasteiger partial charge in [-0.1, -0.05) is 24.4 Å².